The Labute approximate surface area is 171 Å². The summed E-state index contributed by atoms with van der Waals surface area (Å²) in [6.45, 7) is 1.54. The third kappa shape index (κ3) is 4.18. The summed E-state index contributed by atoms with van der Waals surface area (Å²) in [5.74, 6) is -0.258. The molecule has 1 saturated carbocycles. The lowest BCUT2D eigenvalue weighted by Gasteiger charge is -2.34. The van der Waals surface area contributed by atoms with Crippen LogP contribution in [0.1, 0.15) is 34.9 Å². The van der Waals surface area contributed by atoms with Crippen LogP contribution in [0, 0.1) is 10.1 Å². The smallest absolute Gasteiger partial charge is 0.293 e. The molecule has 1 N–H and O–H groups in total. The predicted octanol–water partition coefficient (Wildman–Crippen LogP) is 3.83. The zero-order chi connectivity index (χ0) is 19.7. The van der Waals surface area contributed by atoms with Gasteiger partial charge in [0.05, 0.1) is 11.5 Å². The second-order valence-corrected chi connectivity index (χ2v) is 7.98. The molecule has 4 rings (SSSR count). The summed E-state index contributed by atoms with van der Waals surface area (Å²) in [5, 5.41) is 14.5. The quantitative estimate of drug-likeness (QED) is 0.558. The number of amides is 1. The molecular formula is C20H20BrN3O4. The number of morpholine rings is 1. The van der Waals surface area contributed by atoms with Crippen LogP contribution in [0.4, 0.5) is 11.4 Å². The topological polar surface area (TPSA) is 84.7 Å². The van der Waals surface area contributed by atoms with Crippen LogP contribution in [0.25, 0.3) is 0 Å². The molecular weight excluding hydrogens is 426 g/mol. The Balaban J connectivity index is 1.57. The van der Waals surface area contributed by atoms with Gasteiger partial charge >= 0.3 is 0 Å². The minimum atomic E-state index is -0.423. The highest BCUT2D eigenvalue weighted by Gasteiger charge is 2.29. The first-order chi connectivity index (χ1) is 13.5. The van der Waals surface area contributed by atoms with Gasteiger partial charge in [-0.25, -0.2) is 0 Å². The maximum Gasteiger partial charge on any atom is 0.293 e. The third-order valence-electron chi connectivity index (χ3n) is 5.00. The number of anilines is 1. The fraction of sp³-hybridized carbons (Fsp3) is 0.350. The molecule has 146 valence electrons. The first-order valence-electron chi connectivity index (χ1n) is 9.22. The van der Waals surface area contributed by atoms with Crippen molar-refractivity contribution in [2.24, 2.45) is 0 Å². The van der Waals surface area contributed by atoms with Gasteiger partial charge in [0.2, 0.25) is 0 Å². The molecule has 0 spiro atoms. The van der Waals surface area contributed by atoms with Crippen LogP contribution in [-0.2, 0) is 4.74 Å². The minimum absolute atomic E-state index is 0.0556. The van der Waals surface area contributed by atoms with E-state index in [1.54, 1.807) is 12.1 Å². The molecule has 1 saturated heterocycles. The Morgan fingerprint density at radius 1 is 1.21 bits per heavy atom. The number of halogens is 1. The average molecular weight is 446 g/mol. The molecule has 1 aliphatic carbocycles. The normalized spacial score (nSPS) is 19.3. The maximum absolute atomic E-state index is 12.3. The van der Waals surface area contributed by atoms with Gasteiger partial charge in [-0.05, 0) is 42.7 Å². The van der Waals surface area contributed by atoms with Crippen molar-refractivity contribution in [2.45, 2.75) is 25.0 Å². The molecule has 1 unspecified atom stereocenters. The van der Waals surface area contributed by atoms with Crippen molar-refractivity contribution in [1.29, 1.82) is 0 Å². The molecule has 2 aromatic carbocycles. The van der Waals surface area contributed by atoms with E-state index in [-0.39, 0.29) is 23.7 Å². The number of hydrogen-bond acceptors (Lipinski definition) is 5. The molecule has 28 heavy (non-hydrogen) atoms. The van der Waals surface area contributed by atoms with Gasteiger partial charge in [-0.3, -0.25) is 14.9 Å². The standard InChI is InChI=1S/C20H20BrN3O4/c21-15-4-1-13(2-5-15)19-12-23(9-10-28-19)17-8-3-14(11-18(17)24(26)27)20(25)22-16-6-7-16/h1-5,8,11,16,19H,6-7,9-10,12H2,(H,22,25). The molecule has 0 aromatic heterocycles. The molecule has 0 bridgehead atoms. The Bertz CT molecular complexity index is 899. The van der Waals surface area contributed by atoms with Gasteiger partial charge in [0.15, 0.2) is 0 Å². The Morgan fingerprint density at radius 2 is 1.96 bits per heavy atom. The fourth-order valence-electron chi connectivity index (χ4n) is 3.32. The summed E-state index contributed by atoms with van der Waals surface area (Å²) >= 11 is 3.42. The molecule has 0 radical (unpaired) electrons. The highest BCUT2D eigenvalue weighted by atomic mass is 79.9. The molecule has 8 heteroatoms. The van der Waals surface area contributed by atoms with E-state index in [1.807, 2.05) is 29.2 Å². The van der Waals surface area contributed by atoms with Crippen LogP contribution in [0.5, 0.6) is 0 Å². The molecule has 1 aliphatic heterocycles. The first kappa shape index (κ1) is 18.9. The average Bonchev–Trinajstić information content (AvgIpc) is 3.52. The van der Waals surface area contributed by atoms with Gasteiger partial charge in [-0.15, -0.1) is 0 Å². The van der Waals surface area contributed by atoms with Crippen LogP contribution in [0.3, 0.4) is 0 Å². The Morgan fingerprint density at radius 3 is 2.64 bits per heavy atom. The molecule has 1 amide bonds. The lowest BCUT2D eigenvalue weighted by Crippen LogP contribution is -2.38. The highest BCUT2D eigenvalue weighted by Crippen LogP contribution is 2.33. The zero-order valence-electron chi connectivity index (χ0n) is 15.1. The maximum atomic E-state index is 12.3. The van der Waals surface area contributed by atoms with Crippen molar-refractivity contribution < 1.29 is 14.5 Å². The van der Waals surface area contributed by atoms with Crippen molar-refractivity contribution in [2.75, 3.05) is 24.6 Å². The zero-order valence-corrected chi connectivity index (χ0v) is 16.7. The molecule has 7 nitrogen and oxygen atoms in total. The number of nitrogens with one attached hydrogen (secondary N) is 1. The summed E-state index contributed by atoms with van der Waals surface area (Å²) in [6, 6.07) is 12.8. The minimum Gasteiger partial charge on any atom is -0.370 e. The number of carbonyl (C=O) groups is 1. The summed E-state index contributed by atoms with van der Waals surface area (Å²) in [6.07, 6.45) is 1.77. The summed E-state index contributed by atoms with van der Waals surface area (Å²) in [7, 11) is 0. The molecule has 1 heterocycles. The van der Waals surface area contributed by atoms with Crippen molar-refractivity contribution in [3.8, 4) is 0 Å². The van der Waals surface area contributed by atoms with E-state index in [0.717, 1.165) is 22.9 Å². The van der Waals surface area contributed by atoms with Crippen molar-refractivity contribution in [1.82, 2.24) is 5.32 Å². The molecule has 2 fully saturated rings. The SMILES string of the molecule is O=C(NC1CC1)c1ccc(N2CCOC(c3ccc(Br)cc3)C2)c([N+](=O)[O-])c1. The molecule has 2 aliphatic rings. The largest absolute Gasteiger partial charge is 0.370 e. The number of rotatable bonds is 5. The number of carbonyl (C=O) groups excluding carboxylic acids is 1. The van der Waals surface area contributed by atoms with Crippen molar-refractivity contribution in [3.05, 3.63) is 68.2 Å². The van der Waals surface area contributed by atoms with E-state index in [4.69, 9.17) is 4.74 Å². The number of nitro groups is 1. The molecule has 2 aromatic rings. The lowest BCUT2D eigenvalue weighted by atomic mass is 10.1. The van der Waals surface area contributed by atoms with Gasteiger partial charge in [0, 0.05) is 35.2 Å². The van der Waals surface area contributed by atoms with Crippen LogP contribution in [0.15, 0.2) is 46.9 Å². The second kappa shape index (κ2) is 7.89. The van der Waals surface area contributed by atoms with Crippen LogP contribution < -0.4 is 10.2 Å². The van der Waals surface area contributed by atoms with Gasteiger partial charge in [-0.1, -0.05) is 28.1 Å². The van der Waals surface area contributed by atoms with Gasteiger partial charge in [-0.2, -0.15) is 0 Å². The van der Waals surface area contributed by atoms with Crippen molar-refractivity contribution >= 4 is 33.2 Å². The number of nitro benzene ring substituents is 1. The van der Waals surface area contributed by atoms with E-state index in [9.17, 15) is 14.9 Å². The first-order valence-corrected chi connectivity index (χ1v) is 10.0. The van der Waals surface area contributed by atoms with E-state index in [1.165, 1.54) is 6.07 Å². The van der Waals surface area contributed by atoms with Crippen LogP contribution in [0.2, 0.25) is 0 Å². The predicted molar refractivity (Wildman–Crippen MR) is 109 cm³/mol. The van der Waals surface area contributed by atoms with E-state index in [2.05, 4.69) is 21.2 Å². The summed E-state index contributed by atoms with van der Waals surface area (Å²) in [4.78, 5) is 25.5. The lowest BCUT2D eigenvalue weighted by molar-refractivity contribution is -0.384. The number of benzene rings is 2. The summed E-state index contributed by atoms with van der Waals surface area (Å²) in [5.41, 5.74) is 1.80. The number of hydrogen-bond donors (Lipinski definition) is 1. The monoisotopic (exact) mass is 445 g/mol. The van der Waals surface area contributed by atoms with Crippen LogP contribution >= 0.6 is 15.9 Å². The van der Waals surface area contributed by atoms with Gasteiger partial charge < -0.3 is 15.0 Å². The summed E-state index contributed by atoms with van der Waals surface area (Å²) < 4.78 is 6.86. The van der Waals surface area contributed by atoms with E-state index < -0.39 is 4.92 Å². The number of ether oxygens (including phenoxy) is 1. The fourth-order valence-corrected chi connectivity index (χ4v) is 3.59. The van der Waals surface area contributed by atoms with Gasteiger partial charge in [0.1, 0.15) is 11.8 Å². The molecule has 1 atom stereocenters. The van der Waals surface area contributed by atoms with Gasteiger partial charge in [0.25, 0.3) is 11.6 Å². The highest BCUT2D eigenvalue weighted by molar-refractivity contribution is 9.10. The van der Waals surface area contributed by atoms with E-state index in [0.29, 0.717) is 30.9 Å². The van der Waals surface area contributed by atoms with Crippen LogP contribution in [-0.4, -0.2) is 36.6 Å². The third-order valence-corrected chi connectivity index (χ3v) is 5.52. The number of nitrogens with zero attached hydrogens (tertiary/aromatic N) is 2. The van der Waals surface area contributed by atoms with Crippen molar-refractivity contribution in [3.63, 3.8) is 0 Å². The second-order valence-electron chi connectivity index (χ2n) is 7.07. The Hall–Kier alpha value is -2.45. The Kier molecular flexibility index (Phi) is 5.32. The van der Waals surface area contributed by atoms with E-state index >= 15 is 0 Å².